The summed E-state index contributed by atoms with van der Waals surface area (Å²) in [5, 5.41) is 21.9. The Morgan fingerprint density at radius 2 is 1.45 bits per heavy atom. The van der Waals surface area contributed by atoms with Crippen molar-refractivity contribution < 1.29 is 23.4 Å². The molecular formula is C23H32N2O5S. The Morgan fingerprint density at radius 1 is 0.903 bits per heavy atom. The van der Waals surface area contributed by atoms with Gasteiger partial charge in [0.15, 0.2) is 0 Å². The molecule has 3 rings (SSSR count). The first-order valence-electron chi connectivity index (χ1n) is 10.5. The lowest BCUT2D eigenvalue weighted by Gasteiger charge is -2.36. The lowest BCUT2D eigenvalue weighted by Crippen LogP contribution is -2.51. The average molecular weight is 449 g/mol. The van der Waals surface area contributed by atoms with Crippen LogP contribution in [0.4, 0.5) is 0 Å². The standard InChI is InChI=1S/C23H32N2O5S/c1-16(2)21-23(27)22(26)17(3)24(14-19-10-12-20(30-4)13-11-19)31(28,29)25(21)15-18-8-6-5-7-9-18/h5-13,16-17,21-23,26-27H,14-15H2,1-4H3/t17-,21+,22+,23-/m1/s1. The van der Waals surface area contributed by atoms with E-state index in [0.29, 0.717) is 5.75 Å². The summed E-state index contributed by atoms with van der Waals surface area (Å²) in [6.45, 7) is 5.54. The number of ether oxygens (including phenoxy) is 1. The molecule has 4 atom stereocenters. The third kappa shape index (κ3) is 4.94. The van der Waals surface area contributed by atoms with Gasteiger partial charge in [0.25, 0.3) is 10.2 Å². The van der Waals surface area contributed by atoms with E-state index in [1.54, 1.807) is 38.3 Å². The van der Waals surface area contributed by atoms with Crippen molar-refractivity contribution in [2.75, 3.05) is 7.11 Å². The van der Waals surface area contributed by atoms with Crippen molar-refractivity contribution in [2.45, 2.75) is 58.2 Å². The fraction of sp³-hybridized carbons (Fsp3) is 0.478. The molecule has 1 aliphatic rings. The summed E-state index contributed by atoms with van der Waals surface area (Å²) in [5.41, 5.74) is 1.58. The summed E-state index contributed by atoms with van der Waals surface area (Å²) < 4.78 is 35.6. The van der Waals surface area contributed by atoms with Crippen LogP contribution in [0, 0.1) is 5.92 Å². The predicted molar refractivity (Wildman–Crippen MR) is 120 cm³/mol. The number of hydrogen-bond donors (Lipinski definition) is 2. The minimum absolute atomic E-state index is 0.0768. The van der Waals surface area contributed by atoms with Crippen molar-refractivity contribution in [1.82, 2.24) is 8.61 Å². The fourth-order valence-electron chi connectivity index (χ4n) is 4.14. The van der Waals surface area contributed by atoms with Gasteiger partial charge in [-0.1, -0.05) is 56.3 Å². The molecule has 2 N–H and O–H groups in total. The maximum absolute atomic E-state index is 13.9. The van der Waals surface area contributed by atoms with Crippen molar-refractivity contribution in [3.05, 3.63) is 65.7 Å². The highest BCUT2D eigenvalue weighted by atomic mass is 32.2. The smallest absolute Gasteiger partial charge is 0.283 e. The second-order valence-corrected chi connectivity index (χ2v) is 10.2. The van der Waals surface area contributed by atoms with Gasteiger partial charge in [-0.15, -0.1) is 0 Å². The first kappa shape index (κ1) is 23.7. The number of aliphatic hydroxyl groups is 2. The fourth-order valence-corrected chi connectivity index (χ4v) is 6.25. The summed E-state index contributed by atoms with van der Waals surface area (Å²) in [7, 11) is -2.44. The number of benzene rings is 2. The van der Waals surface area contributed by atoms with Crippen LogP contribution in [0.5, 0.6) is 5.75 Å². The van der Waals surface area contributed by atoms with E-state index in [2.05, 4.69) is 0 Å². The number of aliphatic hydroxyl groups excluding tert-OH is 2. The molecule has 0 bridgehead atoms. The molecule has 2 aromatic rings. The van der Waals surface area contributed by atoms with E-state index in [9.17, 15) is 18.6 Å². The van der Waals surface area contributed by atoms with Gasteiger partial charge in [-0.3, -0.25) is 0 Å². The summed E-state index contributed by atoms with van der Waals surface area (Å²) in [6.07, 6.45) is -2.43. The van der Waals surface area contributed by atoms with Crippen LogP contribution >= 0.6 is 0 Å². The summed E-state index contributed by atoms with van der Waals surface area (Å²) in [5.74, 6) is 0.479. The van der Waals surface area contributed by atoms with E-state index in [1.807, 2.05) is 44.2 Å². The van der Waals surface area contributed by atoms with Crippen LogP contribution in [-0.2, 0) is 23.3 Å². The van der Waals surface area contributed by atoms with Crippen LogP contribution in [0.2, 0.25) is 0 Å². The third-order valence-electron chi connectivity index (χ3n) is 5.94. The number of rotatable bonds is 6. The lowest BCUT2D eigenvalue weighted by molar-refractivity contribution is -0.0471. The molecule has 0 spiro atoms. The van der Waals surface area contributed by atoms with Gasteiger partial charge in [0.05, 0.1) is 31.4 Å². The van der Waals surface area contributed by atoms with E-state index in [-0.39, 0.29) is 19.0 Å². The first-order chi connectivity index (χ1) is 14.7. The monoisotopic (exact) mass is 448 g/mol. The van der Waals surface area contributed by atoms with Gasteiger partial charge in [0.2, 0.25) is 0 Å². The molecule has 31 heavy (non-hydrogen) atoms. The topological polar surface area (TPSA) is 90.3 Å². The highest BCUT2D eigenvalue weighted by Crippen LogP contribution is 2.33. The molecule has 170 valence electrons. The largest absolute Gasteiger partial charge is 0.497 e. The Kier molecular flexibility index (Phi) is 7.39. The highest BCUT2D eigenvalue weighted by molar-refractivity contribution is 7.86. The quantitative estimate of drug-likeness (QED) is 0.708. The third-order valence-corrected chi connectivity index (χ3v) is 7.95. The Balaban J connectivity index is 2.04. The molecule has 1 fully saturated rings. The van der Waals surface area contributed by atoms with Crippen LogP contribution in [-0.4, -0.2) is 58.6 Å². The van der Waals surface area contributed by atoms with Gasteiger partial charge in [-0.05, 0) is 36.1 Å². The minimum Gasteiger partial charge on any atom is -0.497 e. The number of hydrogen-bond acceptors (Lipinski definition) is 5. The Hall–Kier alpha value is -1.97. The van der Waals surface area contributed by atoms with Crippen LogP contribution in [0.1, 0.15) is 31.9 Å². The summed E-state index contributed by atoms with van der Waals surface area (Å²) in [4.78, 5) is 0. The first-order valence-corrected chi connectivity index (χ1v) is 11.9. The second-order valence-electron chi connectivity index (χ2n) is 8.39. The molecule has 0 amide bonds. The van der Waals surface area contributed by atoms with Gasteiger partial charge in [-0.2, -0.15) is 17.0 Å². The average Bonchev–Trinajstić information content (AvgIpc) is 2.80. The zero-order valence-electron chi connectivity index (χ0n) is 18.4. The maximum atomic E-state index is 13.9. The van der Waals surface area contributed by atoms with Crippen molar-refractivity contribution in [2.24, 2.45) is 5.92 Å². The van der Waals surface area contributed by atoms with E-state index in [4.69, 9.17) is 4.74 Å². The molecule has 0 saturated carbocycles. The molecule has 0 radical (unpaired) electrons. The van der Waals surface area contributed by atoms with Crippen LogP contribution in [0.25, 0.3) is 0 Å². The summed E-state index contributed by atoms with van der Waals surface area (Å²) >= 11 is 0. The SMILES string of the molecule is COc1ccc(CN2[C@H](C)[C@H](O)[C@H](O)[C@H](C(C)C)N(Cc3ccccc3)S2(=O)=O)cc1. The Bertz CT molecular complexity index is 950. The number of methoxy groups -OCH3 is 1. The molecule has 1 aliphatic heterocycles. The Labute approximate surface area is 185 Å². The predicted octanol–water partition coefficient (Wildman–Crippen LogP) is 2.39. The number of nitrogens with zero attached hydrogens (tertiary/aromatic N) is 2. The molecular weight excluding hydrogens is 416 g/mol. The van der Waals surface area contributed by atoms with Gasteiger partial charge in [0.1, 0.15) is 5.75 Å². The van der Waals surface area contributed by atoms with Crippen molar-refractivity contribution in [3.8, 4) is 5.75 Å². The van der Waals surface area contributed by atoms with E-state index in [1.165, 1.54) is 8.61 Å². The molecule has 0 aromatic heterocycles. The van der Waals surface area contributed by atoms with Gasteiger partial charge in [-0.25, -0.2) is 0 Å². The van der Waals surface area contributed by atoms with E-state index in [0.717, 1.165) is 11.1 Å². The van der Waals surface area contributed by atoms with Crippen LogP contribution in [0.3, 0.4) is 0 Å². The van der Waals surface area contributed by atoms with Crippen molar-refractivity contribution >= 4 is 10.2 Å². The summed E-state index contributed by atoms with van der Waals surface area (Å²) in [6, 6.07) is 14.9. The van der Waals surface area contributed by atoms with Crippen molar-refractivity contribution in [3.63, 3.8) is 0 Å². The Morgan fingerprint density at radius 3 is 2.00 bits per heavy atom. The normalized spacial score (nSPS) is 27.2. The molecule has 8 heteroatoms. The molecule has 2 aromatic carbocycles. The second kappa shape index (κ2) is 9.67. The van der Waals surface area contributed by atoms with E-state index < -0.39 is 34.5 Å². The van der Waals surface area contributed by atoms with Gasteiger partial charge in [0, 0.05) is 13.1 Å². The molecule has 1 saturated heterocycles. The van der Waals surface area contributed by atoms with Crippen LogP contribution in [0.15, 0.2) is 54.6 Å². The molecule has 7 nitrogen and oxygen atoms in total. The van der Waals surface area contributed by atoms with Crippen LogP contribution < -0.4 is 4.74 Å². The zero-order valence-corrected chi connectivity index (χ0v) is 19.2. The zero-order chi connectivity index (χ0) is 22.8. The molecule has 0 aliphatic carbocycles. The molecule has 0 unspecified atom stereocenters. The van der Waals surface area contributed by atoms with Gasteiger partial charge < -0.3 is 14.9 Å². The molecule has 1 heterocycles. The minimum atomic E-state index is -4.01. The lowest BCUT2D eigenvalue weighted by atomic mass is 9.91. The van der Waals surface area contributed by atoms with E-state index >= 15 is 0 Å². The van der Waals surface area contributed by atoms with Crippen molar-refractivity contribution in [1.29, 1.82) is 0 Å². The maximum Gasteiger partial charge on any atom is 0.283 e. The highest BCUT2D eigenvalue weighted by Gasteiger charge is 2.49. The van der Waals surface area contributed by atoms with Gasteiger partial charge >= 0.3 is 0 Å².